The van der Waals surface area contributed by atoms with Gasteiger partial charge in [-0.15, -0.1) is 0 Å². The monoisotopic (exact) mass is 415 g/mol. The largest absolute Gasteiger partial charge is 0.488 e. The predicted octanol–water partition coefficient (Wildman–Crippen LogP) is 3.96. The molecule has 6 heteroatoms. The highest BCUT2D eigenvalue weighted by molar-refractivity contribution is 5.76. The van der Waals surface area contributed by atoms with Crippen molar-refractivity contribution in [2.24, 2.45) is 11.8 Å². The number of rotatable bonds is 6. The second-order valence-electron chi connectivity index (χ2n) is 8.45. The summed E-state index contributed by atoms with van der Waals surface area (Å²) in [5.74, 6) is 0.700. The van der Waals surface area contributed by atoms with Crippen molar-refractivity contribution in [3.8, 4) is 5.75 Å². The standard InChI is InChI=1S/C24H27F2NO3/c25-19-6-4-16(5-7-19)2-1-3-24(29)27-14-17-12-22(28)23(13-18(17)15-27)30-21-10-8-20(26)9-11-21/h4-11,17-18,22-23,28H,1-3,12-15H2/t17-,18+,22+,23+/m0/s1. The summed E-state index contributed by atoms with van der Waals surface area (Å²) in [6, 6.07) is 12.2. The molecule has 0 bridgehead atoms. The third kappa shape index (κ3) is 4.98. The van der Waals surface area contributed by atoms with Crippen LogP contribution in [0, 0.1) is 23.5 Å². The second kappa shape index (κ2) is 9.13. The van der Waals surface area contributed by atoms with Crippen LogP contribution < -0.4 is 4.74 Å². The number of aliphatic hydroxyl groups is 1. The van der Waals surface area contributed by atoms with Crippen molar-refractivity contribution in [1.82, 2.24) is 4.90 Å². The molecule has 1 saturated heterocycles. The molecule has 2 fully saturated rings. The van der Waals surface area contributed by atoms with Gasteiger partial charge >= 0.3 is 0 Å². The van der Waals surface area contributed by atoms with Gasteiger partial charge in [0.15, 0.2) is 0 Å². The van der Waals surface area contributed by atoms with Crippen molar-refractivity contribution in [3.63, 3.8) is 0 Å². The van der Waals surface area contributed by atoms with Gasteiger partial charge in [-0.3, -0.25) is 4.79 Å². The number of hydrogen-bond acceptors (Lipinski definition) is 3. The Labute approximate surface area is 175 Å². The van der Waals surface area contributed by atoms with Crippen LogP contribution in [0.2, 0.25) is 0 Å². The zero-order valence-electron chi connectivity index (χ0n) is 16.8. The minimum absolute atomic E-state index is 0.136. The highest BCUT2D eigenvalue weighted by atomic mass is 19.1. The number of fused-ring (bicyclic) bond motifs is 1. The van der Waals surface area contributed by atoms with E-state index in [1.165, 1.54) is 24.3 Å². The number of aryl methyl sites for hydroxylation is 1. The van der Waals surface area contributed by atoms with Gasteiger partial charge in [-0.25, -0.2) is 8.78 Å². The molecule has 2 aromatic carbocycles. The van der Waals surface area contributed by atoms with Crippen molar-refractivity contribution >= 4 is 5.91 Å². The quantitative estimate of drug-likeness (QED) is 0.777. The summed E-state index contributed by atoms with van der Waals surface area (Å²) in [7, 11) is 0. The molecule has 0 aromatic heterocycles. The summed E-state index contributed by atoms with van der Waals surface area (Å²) in [6.45, 7) is 1.37. The van der Waals surface area contributed by atoms with Crippen LogP contribution in [0.15, 0.2) is 48.5 Å². The SMILES string of the molecule is O=C(CCCc1ccc(F)cc1)N1C[C@H]2C[C@@H](Oc3ccc(F)cc3)[C@H](O)C[C@H]2C1. The lowest BCUT2D eigenvalue weighted by Crippen LogP contribution is -2.42. The minimum Gasteiger partial charge on any atom is -0.488 e. The first-order chi connectivity index (χ1) is 14.5. The third-order valence-electron chi connectivity index (χ3n) is 6.31. The molecule has 1 amide bonds. The van der Waals surface area contributed by atoms with Crippen LogP contribution in [0.25, 0.3) is 0 Å². The maximum Gasteiger partial charge on any atom is 0.222 e. The number of aliphatic hydroxyl groups excluding tert-OH is 1. The lowest BCUT2D eigenvalue weighted by Gasteiger charge is -2.35. The van der Waals surface area contributed by atoms with Crippen molar-refractivity contribution in [3.05, 3.63) is 65.7 Å². The Morgan fingerprint density at radius 3 is 2.23 bits per heavy atom. The Hall–Kier alpha value is -2.47. The number of halogens is 2. The number of ether oxygens (including phenoxy) is 1. The first kappa shape index (κ1) is 20.8. The Morgan fingerprint density at radius 1 is 0.967 bits per heavy atom. The summed E-state index contributed by atoms with van der Waals surface area (Å²) in [5.41, 5.74) is 1.03. The van der Waals surface area contributed by atoms with Crippen LogP contribution in [-0.4, -0.2) is 41.2 Å². The van der Waals surface area contributed by atoms with Gasteiger partial charge in [-0.2, -0.15) is 0 Å². The first-order valence-electron chi connectivity index (χ1n) is 10.6. The summed E-state index contributed by atoms with van der Waals surface area (Å²) < 4.78 is 32.0. The molecule has 4 atom stereocenters. The molecular weight excluding hydrogens is 388 g/mol. The molecule has 2 aromatic rings. The predicted molar refractivity (Wildman–Crippen MR) is 109 cm³/mol. The van der Waals surface area contributed by atoms with E-state index < -0.39 is 6.10 Å². The molecule has 30 heavy (non-hydrogen) atoms. The van der Waals surface area contributed by atoms with Gasteiger partial charge < -0.3 is 14.7 Å². The smallest absolute Gasteiger partial charge is 0.222 e. The zero-order chi connectivity index (χ0) is 21.1. The second-order valence-corrected chi connectivity index (χ2v) is 8.45. The molecule has 160 valence electrons. The lowest BCUT2D eigenvalue weighted by molar-refractivity contribution is -0.130. The van der Waals surface area contributed by atoms with Crippen LogP contribution in [0.4, 0.5) is 8.78 Å². The number of amides is 1. The van der Waals surface area contributed by atoms with Gasteiger partial charge in [0.25, 0.3) is 0 Å². The molecule has 0 radical (unpaired) electrons. The topological polar surface area (TPSA) is 49.8 Å². The van der Waals surface area contributed by atoms with E-state index in [-0.39, 0.29) is 29.6 Å². The van der Waals surface area contributed by atoms with Gasteiger partial charge in [0.2, 0.25) is 5.91 Å². The van der Waals surface area contributed by atoms with E-state index in [1.54, 1.807) is 24.3 Å². The van der Waals surface area contributed by atoms with Gasteiger partial charge in [0.1, 0.15) is 23.5 Å². The molecule has 0 spiro atoms. The van der Waals surface area contributed by atoms with E-state index in [0.29, 0.717) is 44.0 Å². The van der Waals surface area contributed by atoms with Crippen molar-refractivity contribution < 1.29 is 23.4 Å². The number of nitrogens with zero attached hydrogens (tertiary/aromatic N) is 1. The normalized spacial score (nSPS) is 25.8. The van der Waals surface area contributed by atoms with Crippen LogP contribution >= 0.6 is 0 Å². The average Bonchev–Trinajstić information content (AvgIpc) is 3.14. The fourth-order valence-electron chi connectivity index (χ4n) is 4.66. The van der Waals surface area contributed by atoms with Gasteiger partial charge in [-0.1, -0.05) is 12.1 Å². The Morgan fingerprint density at radius 2 is 1.57 bits per heavy atom. The molecule has 0 unspecified atom stereocenters. The summed E-state index contributed by atoms with van der Waals surface area (Å²) in [6.07, 6.45) is 2.30. The Kier molecular flexibility index (Phi) is 6.32. The molecular formula is C24H27F2NO3. The van der Waals surface area contributed by atoms with Crippen LogP contribution in [0.3, 0.4) is 0 Å². The summed E-state index contributed by atoms with van der Waals surface area (Å²) >= 11 is 0. The van der Waals surface area contributed by atoms with E-state index in [1.807, 2.05) is 4.90 Å². The highest BCUT2D eigenvalue weighted by Gasteiger charge is 2.43. The third-order valence-corrected chi connectivity index (χ3v) is 6.31. The molecule has 1 N–H and O–H groups in total. The number of hydrogen-bond donors (Lipinski definition) is 1. The van der Waals surface area contributed by atoms with Crippen LogP contribution in [0.5, 0.6) is 5.75 Å². The van der Waals surface area contributed by atoms with E-state index in [9.17, 15) is 18.7 Å². The molecule has 1 aliphatic heterocycles. The summed E-state index contributed by atoms with van der Waals surface area (Å²) in [4.78, 5) is 14.6. The number of benzene rings is 2. The van der Waals surface area contributed by atoms with Crippen molar-refractivity contribution in [2.75, 3.05) is 13.1 Å². The van der Waals surface area contributed by atoms with E-state index >= 15 is 0 Å². The maximum atomic E-state index is 13.1. The molecule has 1 heterocycles. The average molecular weight is 415 g/mol. The van der Waals surface area contributed by atoms with Crippen LogP contribution in [0.1, 0.15) is 31.2 Å². The lowest BCUT2D eigenvalue weighted by atomic mass is 9.78. The van der Waals surface area contributed by atoms with Gasteiger partial charge in [0, 0.05) is 19.5 Å². The maximum absolute atomic E-state index is 13.1. The van der Waals surface area contributed by atoms with Crippen molar-refractivity contribution in [1.29, 1.82) is 0 Å². The van der Waals surface area contributed by atoms with Gasteiger partial charge in [0.05, 0.1) is 6.10 Å². The van der Waals surface area contributed by atoms with Gasteiger partial charge in [-0.05, 0) is 79.5 Å². The molecule has 1 aliphatic carbocycles. The van der Waals surface area contributed by atoms with E-state index in [0.717, 1.165) is 18.4 Å². The molecule has 1 saturated carbocycles. The Balaban J connectivity index is 1.26. The fourth-order valence-corrected chi connectivity index (χ4v) is 4.66. The number of carbonyl (C=O) groups excluding carboxylic acids is 1. The zero-order valence-corrected chi connectivity index (χ0v) is 16.8. The molecule has 4 nitrogen and oxygen atoms in total. The molecule has 2 aliphatic rings. The summed E-state index contributed by atoms with van der Waals surface area (Å²) in [5, 5.41) is 10.5. The first-order valence-corrected chi connectivity index (χ1v) is 10.6. The Bertz CT molecular complexity index is 856. The fraction of sp³-hybridized carbons (Fsp3) is 0.458. The van der Waals surface area contributed by atoms with Crippen molar-refractivity contribution in [2.45, 2.75) is 44.3 Å². The molecule has 4 rings (SSSR count). The minimum atomic E-state index is -0.593. The number of likely N-dealkylation sites (tertiary alicyclic amines) is 1. The van der Waals surface area contributed by atoms with E-state index in [4.69, 9.17) is 4.74 Å². The number of carbonyl (C=O) groups is 1. The highest BCUT2D eigenvalue weighted by Crippen LogP contribution is 2.38. The van der Waals surface area contributed by atoms with Crippen LogP contribution in [-0.2, 0) is 11.2 Å². The van der Waals surface area contributed by atoms with E-state index in [2.05, 4.69) is 0 Å².